The highest BCUT2D eigenvalue weighted by molar-refractivity contribution is 7.90. The van der Waals surface area contributed by atoms with Gasteiger partial charge in [-0.1, -0.05) is 13.0 Å². The average molecular weight is 666 g/mol. The molecule has 3 aliphatic rings. The number of nitrogens with one attached hydrogen (secondary N) is 1. The minimum absolute atomic E-state index is 0.180. The lowest BCUT2D eigenvalue weighted by atomic mass is 9.71. The molecule has 2 atom stereocenters. The second-order valence-corrected chi connectivity index (χ2v) is 16.0. The van der Waals surface area contributed by atoms with E-state index in [0.717, 1.165) is 41.5 Å². The van der Waals surface area contributed by atoms with Crippen molar-refractivity contribution < 1.29 is 27.5 Å². The van der Waals surface area contributed by atoms with Gasteiger partial charge in [0.15, 0.2) is 5.69 Å². The molecule has 0 radical (unpaired) electrons. The van der Waals surface area contributed by atoms with Crippen LogP contribution in [-0.4, -0.2) is 77.6 Å². The van der Waals surface area contributed by atoms with Gasteiger partial charge in [0, 0.05) is 51.1 Å². The normalized spacial score (nSPS) is 20.9. The Balaban J connectivity index is 1.38. The van der Waals surface area contributed by atoms with E-state index in [-0.39, 0.29) is 23.6 Å². The molecule has 2 aromatic heterocycles. The van der Waals surface area contributed by atoms with Crippen molar-refractivity contribution in [3.8, 4) is 0 Å². The standard InChI is InChI=1S/C33H43N7O6S/c1-20-11-12-33(25-15-21(9-10-23(20)25)34-31(42)46-32(2,3)4)17-27-24(19-45-33)28(36-30(35-27)47(7,43)44)39-13-8-14-40-22(18-39)16-26(37-40)29(41)38(5)6/h9-10,15-16,20H,8,11-14,17-19H2,1-7H3,(H,34,42)/t20-,33-/m0/s1. The number of hydrogen-bond acceptors (Lipinski definition) is 10. The molecule has 0 saturated heterocycles. The van der Waals surface area contributed by atoms with E-state index in [0.29, 0.717) is 55.4 Å². The summed E-state index contributed by atoms with van der Waals surface area (Å²) in [6.07, 6.45) is 3.23. The van der Waals surface area contributed by atoms with Gasteiger partial charge in [0.25, 0.3) is 5.91 Å². The highest BCUT2D eigenvalue weighted by Gasteiger charge is 2.45. The SMILES string of the molecule is C[C@H]1CC[C@]2(Cc3nc(S(C)(=O)=O)nc(N4CCCn5nc(C(=O)N(C)C)cc5C4)c3CO2)c2cc(NC(=O)OC(C)(C)C)ccc21. The quantitative estimate of drug-likeness (QED) is 0.398. The van der Waals surface area contributed by atoms with Crippen molar-refractivity contribution in [2.24, 2.45) is 0 Å². The minimum Gasteiger partial charge on any atom is -0.444 e. The molecule has 0 unspecified atom stereocenters. The number of ether oxygens (including phenoxy) is 2. The Morgan fingerprint density at radius 1 is 1.15 bits per heavy atom. The highest BCUT2D eigenvalue weighted by atomic mass is 32.2. The van der Waals surface area contributed by atoms with Gasteiger partial charge in [-0.25, -0.2) is 23.2 Å². The van der Waals surface area contributed by atoms with E-state index in [1.807, 2.05) is 48.6 Å². The van der Waals surface area contributed by atoms with E-state index >= 15 is 0 Å². The molecule has 3 aromatic rings. The van der Waals surface area contributed by atoms with Gasteiger partial charge in [0.05, 0.1) is 30.1 Å². The third-order valence-corrected chi connectivity index (χ3v) is 9.81. The van der Waals surface area contributed by atoms with Crippen molar-refractivity contribution >= 4 is 33.3 Å². The summed E-state index contributed by atoms with van der Waals surface area (Å²) in [4.78, 5) is 38.0. The third-order valence-electron chi connectivity index (χ3n) is 8.97. The zero-order chi connectivity index (χ0) is 33.9. The second-order valence-electron chi connectivity index (χ2n) is 14.1. The number of fused-ring (bicyclic) bond motifs is 4. The largest absolute Gasteiger partial charge is 0.444 e. The van der Waals surface area contributed by atoms with Crippen LogP contribution in [0, 0.1) is 0 Å². The van der Waals surface area contributed by atoms with Gasteiger partial charge in [0.1, 0.15) is 11.4 Å². The summed E-state index contributed by atoms with van der Waals surface area (Å²) < 4.78 is 40.0. The fourth-order valence-corrected chi connectivity index (χ4v) is 7.21. The van der Waals surface area contributed by atoms with Crippen molar-refractivity contribution in [1.82, 2.24) is 24.6 Å². The van der Waals surface area contributed by atoms with E-state index < -0.39 is 27.1 Å². The van der Waals surface area contributed by atoms with Gasteiger partial charge >= 0.3 is 6.09 Å². The Bertz CT molecular complexity index is 1850. The van der Waals surface area contributed by atoms with Crippen molar-refractivity contribution in [2.75, 3.05) is 37.1 Å². The topological polar surface area (TPSA) is 149 Å². The summed E-state index contributed by atoms with van der Waals surface area (Å²) in [6.45, 7) is 9.42. The van der Waals surface area contributed by atoms with Crippen LogP contribution >= 0.6 is 0 Å². The number of nitrogens with zero attached hydrogens (tertiary/aromatic N) is 6. The zero-order valence-corrected chi connectivity index (χ0v) is 28.9. The van der Waals surface area contributed by atoms with Crippen LogP contribution in [-0.2, 0) is 51.0 Å². The number of amides is 2. The van der Waals surface area contributed by atoms with Gasteiger partial charge in [0.2, 0.25) is 15.0 Å². The number of sulfone groups is 1. The summed E-state index contributed by atoms with van der Waals surface area (Å²) >= 11 is 0. The lowest BCUT2D eigenvalue weighted by Crippen LogP contribution is -2.41. The first-order chi connectivity index (χ1) is 22.0. The first-order valence-corrected chi connectivity index (χ1v) is 17.8. The van der Waals surface area contributed by atoms with E-state index in [4.69, 9.17) is 9.47 Å². The number of aryl methyl sites for hydroxylation is 1. The summed E-state index contributed by atoms with van der Waals surface area (Å²) in [5.74, 6) is 0.612. The second kappa shape index (κ2) is 11.9. The first kappa shape index (κ1) is 32.9. The van der Waals surface area contributed by atoms with Crippen LogP contribution in [0.5, 0.6) is 0 Å². The smallest absolute Gasteiger partial charge is 0.412 e. The van der Waals surface area contributed by atoms with Crippen LogP contribution < -0.4 is 10.2 Å². The van der Waals surface area contributed by atoms with Gasteiger partial charge in [-0.3, -0.25) is 14.8 Å². The van der Waals surface area contributed by atoms with Crippen molar-refractivity contribution in [1.29, 1.82) is 0 Å². The van der Waals surface area contributed by atoms with Gasteiger partial charge < -0.3 is 19.3 Å². The van der Waals surface area contributed by atoms with Crippen LogP contribution in [0.15, 0.2) is 29.4 Å². The molecule has 252 valence electrons. The summed E-state index contributed by atoms with van der Waals surface area (Å²) in [5.41, 5.74) is 3.85. The van der Waals surface area contributed by atoms with Crippen molar-refractivity contribution in [3.63, 3.8) is 0 Å². The molecule has 0 bridgehead atoms. The predicted molar refractivity (Wildman–Crippen MR) is 175 cm³/mol. The van der Waals surface area contributed by atoms with Crippen LogP contribution in [0.25, 0.3) is 0 Å². The van der Waals surface area contributed by atoms with Gasteiger partial charge in [-0.05, 0) is 75.3 Å². The molecule has 0 saturated carbocycles. The Hall–Kier alpha value is -4.04. The zero-order valence-electron chi connectivity index (χ0n) is 28.1. The molecule has 1 aliphatic carbocycles. The Morgan fingerprint density at radius 2 is 1.91 bits per heavy atom. The molecule has 4 heterocycles. The predicted octanol–water partition coefficient (Wildman–Crippen LogP) is 4.40. The number of benzene rings is 1. The maximum absolute atomic E-state index is 12.9. The molecule has 1 spiro atoms. The molecule has 2 amide bonds. The van der Waals surface area contributed by atoms with E-state index in [1.165, 1.54) is 4.90 Å². The number of anilines is 2. The molecule has 1 aromatic carbocycles. The fourth-order valence-electron chi connectivity index (χ4n) is 6.68. The number of carbonyl (C=O) groups is 2. The summed E-state index contributed by atoms with van der Waals surface area (Å²) in [6, 6.07) is 7.64. The number of carbonyl (C=O) groups excluding carboxylic acids is 2. The Morgan fingerprint density at radius 3 is 2.62 bits per heavy atom. The van der Waals surface area contributed by atoms with E-state index in [9.17, 15) is 18.0 Å². The van der Waals surface area contributed by atoms with Crippen LogP contribution in [0.4, 0.5) is 16.3 Å². The molecule has 14 heteroatoms. The molecule has 2 aliphatic heterocycles. The lowest BCUT2D eigenvalue weighted by Gasteiger charge is -2.44. The Labute approximate surface area is 275 Å². The van der Waals surface area contributed by atoms with E-state index in [1.54, 1.807) is 20.2 Å². The average Bonchev–Trinajstić information content (AvgIpc) is 3.27. The molecule has 6 rings (SSSR count). The number of rotatable bonds is 4. The monoisotopic (exact) mass is 665 g/mol. The maximum Gasteiger partial charge on any atom is 0.412 e. The maximum atomic E-state index is 12.9. The summed E-state index contributed by atoms with van der Waals surface area (Å²) in [5, 5.41) is 7.17. The first-order valence-electron chi connectivity index (χ1n) is 15.9. The summed E-state index contributed by atoms with van der Waals surface area (Å²) in [7, 11) is -0.369. The fraction of sp³-hybridized carbons (Fsp3) is 0.545. The minimum atomic E-state index is -3.75. The van der Waals surface area contributed by atoms with Crippen LogP contribution in [0.2, 0.25) is 0 Å². The lowest BCUT2D eigenvalue weighted by molar-refractivity contribution is -0.0872. The van der Waals surface area contributed by atoms with Crippen LogP contribution in [0.1, 0.15) is 91.4 Å². The van der Waals surface area contributed by atoms with Gasteiger partial charge in [-0.2, -0.15) is 5.10 Å². The third kappa shape index (κ3) is 6.57. The molecule has 1 N–H and O–H groups in total. The van der Waals surface area contributed by atoms with E-state index in [2.05, 4.69) is 27.3 Å². The van der Waals surface area contributed by atoms with Crippen molar-refractivity contribution in [2.45, 2.75) is 95.4 Å². The van der Waals surface area contributed by atoms with Crippen LogP contribution in [0.3, 0.4) is 0 Å². The highest BCUT2D eigenvalue weighted by Crippen LogP contribution is 2.49. The number of aromatic nitrogens is 4. The molecular formula is C33H43N7O6S. The molecular weight excluding hydrogens is 622 g/mol. The molecule has 47 heavy (non-hydrogen) atoms. The molecule has 13 nitrogen and oxygen atoms in total. The van der Waals surface area contributed by atoms with Crippen molar-refractivity contribution in [3.05, 3.63) is 58.0 Å². The van der Waals surface area contributed by atoms with Gasteiger partial charge in [-0.15, -0.1) is 0 Å². The Kier molecular flexibility index (Phi) is 8.32. The number of hydrogen-bond donors (Lipinski definition) is 1. The molecule has 0 fully saturated rings.